The van der Waals surface area contributed by atoms with E-state index in [0.29, 0.717) is 17.7 Å². The molecule has 178 valence electrons. The molecular weight excluding hydrogens is 442 g/mol. The van der Waals surface area contributed by atoms with Gasteiger partial charge in [-0.2, -0.15) is 0 Å². The lowest BCUT2D eigenvalue weighted by atomic mass is 10.0. The second kappa shape index (κ2) is 11.2. The van der Waals surface area contributed by atoms with Crippen LogP contribution in [0.1, 0.15) is 28.7 Å². The lowest BCUT2D eigenvalue weighted by Crippen LogP contribution is -2.07. The highest BCUT2D eigenvalue weighted by Gasteiger charge is 2.15. The molecule has 2 N–H and O–H groups in total. The summed E-state index contributed by atoms with van der Waals surface area (Å²) in [7, 11) is 0. The number of benzene rings is 3. The zero-order chi connectivity index (χ0) is 24.6. The third-order valence-electron chi connectivity index (χ3n) is 5.72. The van der Waals surface area contributed by atoms with Gasteiger partial charge in [-0.15, -0.1) is 0 Å². The number of aryl methyl sites for hydroxylation is 1. The molecule has 35 heavy (non-hydrogen) atoms. The second-order valence-electron chi connectivity index (χ2n) is 8.33. The van der Waals surface area contributed by atoms with Crippen molar-refractivity contribution in [2.75, 3.05) is 6.61 Å². The van der Waals surface area contributed by atoms with Gasteiger partial charge in [0.25, 0.3) is 0 Å². The van der Waals surface area contributed by atoms with Crippen LogP contribution in [0.2, 0.25) is 0 Å². The molecule has 0 spiro atoms. The van der Waals surface area contributed by atoms with Gasteiger partial charge < -0.3 is 19.5 Å². The van der Waals surface area contributed by atoms with Crippen LogP contribution in [-0.2, 0) is 29.0 Å². The van der Waals surface area contributed by atoms with Crippen LogP contribution in [0, 0.1) is 0 Å². The van der Waals surface area contributed by atoms with Crippen molar-refractivity contribution in [1.82, 2.24) is 4.57 Å². The Bertz CT molecular complexity index is 1340. The quantitative estimate of drug-likeness (QED) is 0.223. The maximum absolute atomic E-state index is 11.4. The van der Waals surface area contributed by atoms with Gasteiger partial charge in [-0.05, 0) is 53.3 Å². The Hall–Kier alpha value is -4.32. The first kappa shape index (κ1) is 23.8. The Balaban J connectivity index is 1.45. The molecule has 1 aromatic heterocycles. The Morgan fingerprint density at radius 1 is 0.857 bits per heavy atom. The van der Waals surface area contributed by atoms with E-state index in [0.717, 1.165) is 35.1 Å². The number of aromatic nitrogens is 1. The standard InChI is InChI=1S/C29H27NO5/c31-27(32)18-24-19-30(20-28(33)34)26-10-4-9-23(29(24)26)14-11-22-12-15-25(16-13-22)35-17-5-8-21-6-2-1-3-7-21/h1-4,6-7,9-16,19H,5,8,17-18,20H2,(H,31,32)(H,33,34). The lowest BCUT2D eigenvalue weighted by molar-refractivity contribution is -0.138. The van der Waals surface area contributed by atoms with Crippen LogP contribution < -0.4 is 4.74 Å². The van der Waals surface area contributed by atoms with E-state index in [4.69, 9.17) is 4.74 Å². The van der Waals surface area contributed by atoms with Crippen molar-refractivity contribution in [2.24, 2.45) is 0 Å². The van der Waals surface area contributed by atoms with E-state index < -0.39 is 11.9 Å². The minimum atomic E-state index is -0.980. The first-order valence-corrected chi connectivity index (χ1v) is 11.5. The number of fused-ring (bicyclic) bond motifs is 1. The van der Waals surface area contributed by atoms with Crippen LogP contribution in [0.25, 0.3) is 23.1 Å². The summed E-state index contributed by atoms with van der Waals surface area (Å²) in [5, 5.41) is 19.3. The van der Waals surface area contributed by atoms with Gasteiger partial charge in [0.1, 0.15) is 12.3 Å². The number of aliphatic carboxylic acids is 2. The van der Waals surface area contributed by atoms with Crippen LogP contribution in [0.5, 0.6) is 5.75 Å². The molecule has 0 atom stereocenters. The van der Waals surface area contributed by atoms with Crippen molar-refractivity contribution in [2.45, 2.75) is 25.8 Å². The third kappa shape index (κ3) is 6.38. The van der Waals surface area contributed by atoms with Crippen molar-refractivity contribution in [3.63, 3.8) is 0 Å². The number of rotatable bonds is 11. The molecule has 6 nitrogen and oxygen atoms in total. The van der Waals surface area contributed by atoms with E-state index in [1.165, 1.54) is 5.56 Å². The minimum Gasteiger partial charge on any atom is -0.494 e. The van der Waals surface area contributed by atoms with Crippen molar-refractivity contribution in [1.29, 1.82) is 0 Å². The molecule has 0 amide bonds. The minimum absolute atomic E-state index is 0.176. The summed E-state index contributed by atoms with van der Waals surface area (Å²) in [5.41, 5.74) is 4.40. The normalized spacial score (nSPS) is 11.2. The smallest absolute Gasteiger partial charge is 0.323 e. The molecule has 0 radical (unpaired) electrons. The van der Waals surface area contributed by atoms with E-state index in [9.17, 15) is 19.8 Å². The number of carboxylic acid groups (broad SMARTS) is 2. The zero-order valence-electron chi connectivity index (χ0n) is 19.3. The van der Waals surface area contributed by atoms with Gasteiger partial charge in [0.2, 0.25) is 0 Å². The van der Waals surface area contributed by atoms with Crippen LogP contribution >= 0.6 is 0 Å². The van der Waals surface area contributed by atoms with Crippen LogP contribution in [0.4, 0.5) is 0 Å². The number of hydrogen-bond acceptors (Lipinski definition) is 3. The molecule has 0 saturated carbocycles. The van der Waals surface area contributed by atoms with Crippen molar-refractivity contribution in [3.8, 4) is 5.75 Å². The fourth-order valence-electron chi connectivity index (χ4n) is 4.15. The SMILES string of the molecule is O=C(O)Cc1cn(CC(=O)O)c2cccc(C=Cc3ccc(OCCCc4ccccc4)cc3)c12. The van der Waals surface area contributed by atoms with Gasteiger partial charge in [-0.1, -0.05) is 66.7 Å². The van der Waals surface area contributed by atoms with E-state index in [-0.39, 0.29) is 13.0 Å². The third-order valence-corrected chi connectivity index (χ3v) is 5.72. The first-order valence-electron chi connectivity index (χ1n) is 11.5. The number of carboxylic acids is 2. The monoisotopic (exact) mass is 469 g/mol. The van der Waals surface area contributed by atoms with Gasteiger partial charge >= 0.3 is 11.9 Å². The molecule has 6 heteroatoms. The summed E-state index contributed by atoms with van der Waals surface area (Å²) in [6.45, 7) is 0.419. The number of carbonyl (C=O) groups is 2. The molecule has 4 rings (SSSR count). The van der Waals surface area contributed by atoms with E-state index >= 15 is 0 Å². The molecular formula is C29H27NO5. The summed E-state index contributed by atoms with van der Waals surface area (Å²) in [6, 6.07) is 23.7. The summed E-state index contributed by atoms with van der Waals surface area (Å²) >= 11 is 0. The summed E-state index contributed by atoms with van der Waals surface area (Å²) < 4.78 is 7.44. The summed E-state index contributed by atoms with van der Waals surface area (Å²) in [5.74, 6) is -1.13. The Morgan fingerprint density at radius 2 is 1.63 bits per heavy atom. The second-order valence-corrected chi connectivity index (χ2v) is 8.33. The molecule has 4 aromatic rings. The Morgan fingerprint density at radius 3 is 2.34 bits per heavy atom. The van der Waals surface area contributed by atoms with Crippen LogP contribution in [-0.4, -0.2) is 33.3 Å². The Labute approximate surface area is 203 Å². The average molecular weight is 470 g/mol. The van der Waals surface area contributed by atoms with Crippen LogP contribution in [0.15, 0.2) is 79.0 Å². The molecule has 0 saturated heterocycles. The predicted molar refractivity (Wildman–Crippen MR) is 137 cm³/mol. The zero-order valence-corrected chi connectivity index (χ0v) is 19.3. The van der Waals surface area contributed by atoms with E-state index in [2.05, 4.69) is 12.1 Å². The molecule has 0 aliphatic carbocycles. The molecule has 3 aromatic carbocycles. The molecule has 0 bridgehead atoms. The largest absolute Gasteiger partial charge is 0.494 e. The van der Waals surface area contributed by atoms with Crippen molar-refractivity contribution >= 4 is 35.0 Å². The molecule has 0 aliphatic rings. The highest BCUT2D eigenvalue weighted by atomic mass is 16.5. The highest BCUT2D eigenvalue weighted by molar-refractivity contribution is 5.96. The van der Waals surface area contributed by atoms with Crippen molar-refractivity contribution in [3.05, 3.63) is 101 Å². The van der Waals surface area contributed by atoms with Crippen molar-refractivity contribution < 1.29 is 24.5 Å². The average Bonchev–Trinajstić information content (AvgIpc) is 3.18. The number of ether oxygens (including phenoxy) is 1. The Kier molecular flexibility index (Phi) is 7.63. The van der Waals surface area contributed by atoms with Gasteiger partial charge in [-0.25, -0.2) is 0 Å². The number of hydrogen-bond donors (Lipinski definition) is 2. The van der Waals surface area contributed by atoms with Gasteiger partial charge in [0.05, 0.1) is 13.0 Å². The van der Waals surface area contributed by atoms with Crippen LogP contribution in [0.3, 0.4) is 0 Å². The number of nitrogens with zero attached hydrogens (tertiary/aromatic N) is 1. The van der Waals surface area contributed by atoms with Gasteiger partial charge in [0.15, 0.2) is 0 Å². The maximum Gasteiger partial charge on any atom is 0.323 e. The van der Waals surface area contributed by atoms with E-state index in [1.54, 1.807) is 10.8 Å². The van der Waals surface area contributed by atoms with E-state index in [1.807, 2.05) is 72.8 Å². The predicted octanol–water partition coefficient (Wildman–Crippen LogP) is 5.54. The first-order chi connectivity index (χ1) is 17.0. The maximum atomic E-state index is 11.4. The fraction of sp³-hybridized carbons (Fsp3) is 0.172. The molecule has 0 fully saturated rings. The summed E-state index contributed by atoms with van der Waals surface area (Å²) in [6.07, 6.45) is 7.24. The fourth-order valence-corrected chi connectivity index (χ4v) is 4.15. The van der Waals surface area contributed by atoms with Gasteiger partial charge in [0, 0.05) is 17.1 Å². The molecule has 0 unspecified atom stereocenters. The molecule has 0 aliphatic heterocycles. The summed E-state index contributed by atoms with van der Waals surface area (Å²) in [4.78, 5) is 22.6. The molecule has 1 heterocycles. The van der Waals surface area contributed by atoms with Gasteiger partial charge in [-0.3, -0.25) is 9.59 Å². The topological polar surface area (TPSA) is 88.8 Å². The highest BCUT2D eigenvalue weighted by Crippen LogP contribution is 2.28. The lowest BCUT2D eigenvalue weighted by Gasteiger charge is -2.07.